The van der Waals surface area contributed by atoms with E-state index < -0.39 is 0 Å². The summed E-state index contributed by atoms with van der Waals surface area (Å²) in [6.07, 6.45) is 4.39. The van der Waals surface area contributed by atoms with Crippen molar-refractivity contribution in [1.29, 1.82) is 0 Å². The Bertz CT molecular complexity index is 728. The van der Waals surface area contributed by atoms with Crippen molar-refractivity contribution in [3.05, 3.63) is 52.3 Å². The van der Waals surface area contributed by atoms with E-state index in [-0.39, 0.29) is 18.3 Å². The molecule has 4 rings (SSSR count). The van der Waals surface area contributed by atoms with Crippen LogP contribution < -0.4 is 10.6 Å². The van der Waals surface area contributed by atoms with Crippen LogP contribution in [-0.2, 0) is 19.4 Å². The fraction of sp³-hybridized carbons (Fsp3) is 0.444. The molecule has 1 aromatic carbocycles. The summed E-state index contributed by atoms with van der Waals surface area (Å²) in [4.78, 5) is 12.5. The topological polar surface area (TPSA) is 69.8 Å². The van der Waals surface area contributed by atoms with Gasteiger partial charge in [-0.05, 0) is 30.4 Å². The first-order chi connectivity index (χ1) is 11.3. The summed E-state index contributed by atoms with van der Waals surface area (Å²) in [5.41, 5.74) is 5.50. The molecule has 2 aromatic rings. The third-order valence-electron chi connectivity index (χ3n) is 5.02. The quantitative estimate of drug-likeness (QED) is 0.799. The van der Waals surface area contributed by atoms with E-state index in [1.165, 1.54) is 17.5 Å². The zero-order valence-electron chi connectivity index (χ0n) is 13.6. The lowest BCUT2D eigenvalue weighted by Gasteiger charge is -2.25. The predicted molar refractivity (Wildman–Crippen MR) is 95.7 cm³/mol. The summed E-state index contributed by atoms with van der Waals surface area (Å²) in [5, 5.41) is 13.6. The highest BCUT2D eigenvalue weighted by Crippen LogP contribution is 2.30. The van der Waals surface area contributed by atoms with Gasteiger partial charge in [-0.2, -0.15) is 5.10 Å². The minimum Gasteiger partial charge on any atom is -0.350 e. The summed E-state index contributed by atoms with van der Waals surface area (Å²) in [7, 11) is 0. The van der Waals surface area contributed by atoms with Gasteiger partial charge in [0.15, 0.2) is 5.69 Å². The Balaban J connectivity index is 0.00000169. The van der Waals surface area contributed by atoms with Crippen LogP contribution in [0.25, 0.3) is 0 Å². The molecule has 0 radical (unpaired) electrons. The number of aromatic amines is 1. The van der Waals surface area contributed by atoms with Crippen molar-refractivity contribution in [2.45, 2.75) is 38.1 Å². The van der Waals surface area contributed by atoms with E-state index in [1.54, 1.807) is 0 Å². The molecule has 24 heavy (non-hydrogen) atoms. The van der Waals surface area contributed by atoms with E-state index in [0.29, 0.717) is 18.2 Å². The lowest BCUT2D eigenvalue weighted by molar-refractivity contribution is 0.0944. The van der Waals surface area contributed by atoms with Crippen LogP contribution in [0.4, 0.5) is 0 Å². The Morgan fingerprint density at radius 2 is 2.17 bits per heavy atom. The molecule has 1 aromatic heterocycles. The van der Waals surface area contributed by atoms with Crippen molar-refractivity contribution in [3.63, 3.8) is 0 Å². The lowest BCUT2D eigenvalue weighted by Crippen LogP contribution is -2.32. The van der Waals surface area contributed by atoms with Gasteiger partial charge in [-0.3, -0.25) is 9.89 Å². The largest absolute Gasteiger partial charge is 0.350 e. The van der Waals surface area contributed by atoms with Crippen LogP contribution in [0.5, 0.6) is 0 Å². The molecule has 128 valence electrons. The summed E-state index contributed by atoms with van der Waals surface area (Å²) in [6.45, 7) is 2.35. The number of aromatic nitrogens is 2. The first-order valence-corrected chi connectivity index (χ1v) is 8.46. The average Bonchev–Trinajstić information content (AvgIpc) is 3.04. The molecule has 0 bridgehead atoms. The van der Waals surface area contributed by atoms with Crippen LogP contribution in [-0.4, -0.2) is 29.2 Å². The molecular formula is C18H23ClN4O. The van der Waals surface area contributed by atoms with Crippen LogP contribution in [0.15, 0.2) is 24.3 Å². The maximum Gasteiger partial charge on any atom is 0.272 e. The van der Waals surface area contributed by atoms with E-state index in [4.69, 9.17) is 0 Å². The van der Waals surface area contributed by atoms with Gasteiger partial charge in [-0.25, -0.2) is 0 Å². The second-order valence-corrected chi connectivity index (χ2v) is 6.45. The van der Waals surface area contributed by atoms with E-state index >= 15 is 0 Å². The third kappa shape index (κ3) is 3.19. The monoisotopic (exact) mass is 346 g/mol. The molecule has 0 fully saturated rings. The molecule has 1 atom stereocenters. The highest BCUT2D eigenvalue weighted by atomic mass is 35.5. The third-order valence-corrected chi connectivity index (χ3v) is 5.02. The zero-order chi connectivity index (χ0) is 15.6. The Hall–Kier alpha value is -1.85. The Morgan fingerprint density at radius 1 is 1.29 bits per heavy atom. The Labute approximate surface area is 148 Å². The Kier molecular flexibility index (Phi) is 5.21. The second-order valence-electron chi connectivity index (χ2n) is 6.45. The number of hydrogen-bond donors (Lipinski definition) is 3. The van der Waals surface area contributed by atoms with Gasteiger partial charge in [0, 0.05) is 43.2 Å². The smallest absolute Gasteiger partial charge is 0.272 e. The molecule has 2 heterocycles. The number of amides is 1. The second kappa shape index (κ2) is 7.36. The number of nitrogens with one attached hydrogen (secondary N) is 3. The Morgan fingerprint density at radius 3 is 3.08 bits per heavy atom. The van der Waals surface area contributed by atoms with Crippen molar-refractivity contribution >= 4 is 18.3 Å². The zero-order valence-corrected chi connectivity index (χ0v) is 14.4. The summed E-state index contributed by atoms with van der Waals surface area (Å²) in [6, 6.07) is 8.60. The molecule has 1 unspecified atom stereocenters. The number of fused-ring (bicyclic) bond motifs is 2. The number of aryl methyl sites for hydroxylation is 1. The van der Waals surface area contributed by atoms with Crippen LogP contribution in [0.2, 0.25) is 0 Å². The first-order valence-electron chi connectivity index (χ1n) is 8.46. The van der Waals surface area contributed by atoms with Gasteiger partial charge in [0.2, 0.25) is 0 Å². The number of H-pyrrole nitrogens is 1. The fourth-order valence-electron chi connectivity index (χ4n) is 3.78. The number of nitrogens with zero attached hydrogens (tertiary/aromatic N) is 1. The molecule has 1 amide bonds. The molecule has 0 saturated heterocycles. The number of benzene rings is 1. The molecule has 2 aliphatic rings. The van der Waals surface area contributed by atoms with Crippen LogP contribution in [0.3, 0.4) is 0 Å². The fourth-order valence-corrected chi connectivity index (χ4v) is 3.78. The number of rotatable bonds is 3. The molecule has 6 heteroatoms. The normalized spacial score (nSPS) is 18.9. The molecule has 0 saturated carbocycles. The lowest BCUT2D eigenvalue weighted by atomic mass is 9.83. The van der Waals surface area contributed by atoms with Gasteiger partial charge < -0.3 is 10.6 Å². The van der Waals surface area contributed by atoms with Gasteiger partial charge >= 0.3 is 0 Å². The molecular weight excluding hydrogens is 324 g/mol. The van der Waals surface area contributed by atoms with Gasteiger partial charge in [-0.1, -0.05) is 24.3 Å². The molecule has 3 N–H and O–H groups in total. The first kappa shape index (κ1) is 17.0. The van der Waals surface area contributed by atoms with Crippen LogP contribution >= 0.6 is 12.4 Å². The van der Waals surface area contributed by atoms with Crippen molar-refractivity contribution in [2.75, 3.05) is 13.1 Å². The van der Waals surface area contributed by atoms with Gasteiger partial charge in [-0.15, -0.1) is 12.4 Å². The number of halogens is 1. The predicted octanol–water partition coefficient (Wildman–Crippen LogP) is 2.33. The number of hydrogen-bond acceptors (Lipinski definition) is 3. The number of carbonyl (C=O) groups excluding carboxylic acids is 1. The summed E-state index contributed by atoms with van der Waals surface area (Å²) in [5.74, 6) is 0.353. The average molecular weight is 347 g/mol. The van der Waals surface area contributed by atoms with Crippen molar-refractivity contribution in [1.82, 2.24) is 20.8 Å². The van der Waals surface area contributed by atoms with Gasteiger partial charge in [0.1, 0.15) is 0 Å². The molecule has 1 aliphatic carbocycles. The molecule has 1 aliphatic heterocycles. The van der Waals surface area contributed by atoms with Crippen molar-refractivity contribution < 1.29 is 4.79 Å². The maximum atomic E-state index is 12.5. The summed E-state index contributed by atoms with van der Waals surface area (Å²) >= 11 is 0. The molecule has 5 nitrogen and oxygen atoms in total. The minimum atomic E-state index is -0.0609. The SMILES string of the molecule is Cl.O=C(NCC1CCCc2ccccc21)c1n[nH]c2c1CNCC2. The maximum absolute atomic E-state index is 12.5. The summed E-state index contributed by atoms with van der Waals surface area (Å²) < 4.78 is 0. The van der Waals surface area contributed by atoms with E-state index in [9.17, 15) is 4.79 Å². The van der Waals surface area contributed by atoms with Gasteiger partial charge in [0.05, 0.1) is 0 Å². The van der Waals surface area contributed by atoms with Crippen LogP contribution in [0, 0.1) is 0 Å². The van der Waals surface area contributed by atoms with E-state index in [2.05, 4.69) is 45.1 Å². The highest BCUT2D eigenvalue weighted by Gasteiger charge is 2.24. The van der Waals surface area contributed by atoms with E-state index in [0.717, 1.165) is 43.6 Å². The minimum absolute atomic E-state index is 0. The standard InChI is InChI=1S/C18H22N4O.ClH/c23-18(17-15-11-19-9-8-16(15)21-22-17)20-10-13-6-3-5-12-4-1-2-7-14(12)13;/h1-2,4,7,13,19H,3,5-6,8-11H2,(H,20,23)(H,21,22);1H. The number of carbonyl (C=O) groups is 1. The highest BCUT2D eigenvalue weighted by molar-refractivity contribution is 5.94. The van der Waals surface area contributed by atoms with Crippen LogP contribution in [0.1, 0.15) is 51.6 Å². The van der Waals surface area contributed by atoms with Gasteiger partial charge in [0.25, 0.3) is 5.91 Å². The molecule has 0 spiro atoms. The van der Waals surface area contributed by atoms with Crippen molar-refractivity contribution in [3.8, 4) is 0 Å². The van der Waals surface area contributed by atoms with E-state index in [1.807, 2.05) is 0 Å². The van der Waals surface area contributed by atoms with Crippen molar-refractivity contribution in [2.24, 2.45) is 0 Å².